The highest BCUT2D eigenvalue weighted by Crippen LogP contribution is 2.40. The summed E-state index contributed by atoms with van der Waals surface area (Å²) in [4.78, 5) is 25.0. The number of nitrogens with two attached hydrogens (primary N) is 1. The molecule has 2 aliphatic rings. The molecule has 28 heavy (non-hydrogen) atoms. The number of aliphatic carboxylic acids is 1. The van der Waals surface area contributed by atoms with Crippen LogP contribution in [0.15, 0.2) is 40.7 Å². The van der Waals surface area contributed by atoms with Crippen LogP contribution in [0.5, 0.6) is 0 Å². The molecular formula is C17H16FN5O3S2. The van der Waals surface area contributed by atoms with E-state index >= 15 is 0 Å². The van der Waals surface area contributed by atoms with Crippen LogP contribution in [-0.4, -0.2) is 59.6 Å². The molecule has 0 spiro atoms. The van der Waals surface area contributed by atoms with Crippen molar-refractivity contribution in [3.63, 3.8) is 0 Å². The van der Waals surface area contributed by atoms with Crippen molar-refractivity contribution in [2.75, 3.05) is 11.5 Å². The fraction of sp³-hybridized carbons (Fsp3) is 0.294. The smallest absolute Gasteiger partial charge is 0.352 e. The number of amides is 1. The average molecular weight is 421 g/mol. The molecule has 1 amide bonds. The summed E-state index contributed by atoms with van der Waals surface area (Å²) < 4.78 is 14.9. The summed E-state index contributed by atoms with van der Waals surface area (Å²) >= 11 is 2.80. The molecule has 1 unspecified atom stereocenters. The van der Waals surface area contributed by atoms with E-state index in [4.69, 9.17) is 5.73 Å². The van der Waals surface area contributed by atoms with Gasteiger partial charge in [-0.3, -0.25) is 9.69 Å². The first-order valence-corrected chi connectivity index (χ1v) is 10.4. The number of carbonyl (C=O) groups is 2. The van der Waals surface area contributed by atoms with Gasteiger partial charge in [-0.15, -0.1) is 22.0 Å². The lowest BCUT2D eigenvalue weighted by atomic mass is 10.0. The van der Waals surface area contributed by atoms with Gasteiger partial charge in [0.05, 0.1) is 0 Å². The molecular weight excluding hydrogens is 405 g/mol. The normalized spacial score (nSPS) is 21.5. The number of thioether (sulfide) groups is 2. The van der Waals surface area contributed by atoms with Crippen LogP contribution in [0.2, 0.25) is 0 Å². The van der Waals surface area contributed by atoms with Crippen molar-refractivity contribution in [3.05, 3.63) is 41.4 Å². The van der Waals surface area contributed by atoms with E-state index < -0.39 is 12.0 Å². The van der Waals surface area contributed by atoms with Gasteiger partial charge in [0.25, 0.3) is 0 Å². The number of β-lactam (4-membered cyclic amide) rings is 1. The third-order valence-electron chi connectivity index (χ3n) is 4.60. The highest BCUT2D eigenvalue weighted by Gasteiger charge is 2.51. The molecule has 0 bridgehead atoms. The molecule has 0 aliphatic carbocycles. The van der Waals surface area contributed by atoms with Crippen LogP contribution in [0.3, 0.4) is 0 Å². The molecule has 2 aliphatic heterocycles. The number of aromatic nitrogens is 3. The number of nitrogens with zero attached hydrogens (tertiary/aromatic N) is 4. The Morgan fingerprint density at radius 3 is 2.79 bits per heavy atom. The zero-order valence-corrected chi connectivity index (χ0v) is 16.3. The highest BCUT2D eigenvalue weighted by molar-refractivity contribution is 8.01. The summed E-state index contributed by atoms with van der Waals surface area (Å²) in [6.07, 6.45) is 0. The van der Waals surface area contributed by atoms with Crippen molar-refractivity contribution < 1.29 is 19.1 Å². The van der Waals surface area contributed by atoms with Gasteiger partial charge in [-0.25, -0.2) is 9.18 Å². The van der Waals surface area contributed by atoms with Crippen LogP contribution < -0.4 is 5.73 Å². The van der Waals surface area contributed by atoms with Crippen molar-refractivity contribution in [1.82, 2.24) is 19.7 Å². The Morgan fingerprint density at radius 2 is 2.11 bits per heavy atom. The van der Waals surface area contributed by atoms with Crippen LogP contribution in [-0.2, 0) is 16.6 Å². The summed E-state index contributed by atoms with van der Waals surface area (Å²) in [7, 11) is 1.79. The van der Waals surface area contributed by atoms with Crippen molar-refractivity contribution in [1.29, 1.82) is 0 Å². The predicted molar refractivity (Wildman–Crippen MR) is 103 cm³/mol. The number of benzene rings is 1. The van der Waals surface area contributed by atoms with E-state index in [1.54, 1.807) is 23.7 Å². The summed E-state index contributed by atoms with van der Waals surface area (Å²) in [5, 5.41) is 18.2. The van der Waals surface area contributed by atoms with E-state index in [-0.39, 0.29) is 22.8 Å². The molecule has 4 rings (SSSR count). The molecule has 3 N–H and O–H groups in total. The molecule has 1 saturated heterocycles. The van der Waals surface area contributed by atoms with E-state index in [1.165, 1.54) is 40.6 Å². The Morgan fingerprint density at radius 1 is 1.39 bits per heavy atom. The molecule has 2 atom stereocenters. The zero-order chi connectivity index (χ0) is 20.0. The first-order valence-electron chi connectivity index (χ1n) is 8.32. The van der Waals surface area contributed by atoms with E-state index in [2.05, 4.69) is 10.2 Å². The molecule has 3 heterocycles. The second kappa shape index (κ2) is 7.22. The summed E-state index contributed by atoms with van der Waals surface area (Å²) in [5.74, 6) is -0.408. The van der Waals surface area contributed by atoms with E-state index in [0.717, 1.165) is 5.56 Å². The lowest BCUT2D eigenvalue weighted by Crippen LogP contribution is -2.68. The first kappa shape index (κ1) is 19.0. The van der Waals surface area contributed by atoms with E-state index in [9.17, 15) is 19.1 Å². The lowest BCUT2D eigenvalue weighted by molar-refractivity contribution is -0.147. The molecule has 0 radical (unpaired) electrons. The molecule has 1 fully saturated rings. The number of halogens is 1. The molecule has 146 valence electrons. The Bertz CT molecular complexity index is 991. The maximum Gasteiger partial charge on any atom is 0.352 e. The summed E-state index contributed by atoms with van der Waals surface area (Å²) in [5.41, 5.74) is 7.15. The van der Waals surface area contributed by atoms with Gasteiger partial charge in [-0.1, -0.05) is 11.8 Å². The minimum absolute atomic E-state index is 0.0175. The second-order valence-electron chi connectivity index (χ2n) is 6.35. The number of rotatable bonds is 5. The van der Waals surface area contributed by atoms with Crippen molar-refractivity contribution in [2.24, 2.45) is 12.8 Å². The lowest BCUT2D eigenvalue weighted by Gasteiger charge is -2.48. The number of carbonyl (C=O) groups excluding carboxylic acids is 1. The molecule has 1 aromatic carbocycles. The van der Waals surface area contributed by atoms with Gasteiger partial charge in [0.2, 0.25) is 5.91 Å². The van der Waals surface area contributed by atoms with Gasteiger partial charge < -0.3 is 15.4 Å². The standard InChI is InChI=1S/C17H16FN5O3S2/c1-22-13(8-2-4-10(18)5-3-8)20-21-17(22)28-7-9-6-27-15-11(19)14(24)23(15)12(9)16(25)26/h2-5,11,15H,6-7,19H2,1H3,(H,25,26)/t11-,15?/m1/s1. The Balaban J connectivity index is 1.55. The third kappa shape index (κ3) is 3.09. The minimum Gasteiger partial charge on any atom is -0.477 e. The molecule has 1 aromatic heterocycles. The van der Waals surface area contributed by atoms with Crippen LogP contribution >= 0.6 is 23.5 Å². The fourth-order valence-electron chi connectivity index (χ4n) is 3.13. The maximum atomic E-state index is 13.1. The molecule has 11 heteroatoms. The third-order valence-corrected chi connectivity index (χ3v) is 7.07. The average Bonchev–Trinajstić information content (AvgIpc) is 3.05. The zero-order valence-electron chi connectivity index (χ0n) is 14.7. The second-order valence-corrected chi connectivity index (χ2v) is 8.40. The number of carboxylic acids is 1. The van der Waals surface area contributed by atoms with Gasteiger partial charge in [-0.2, -0.15) is 0 Å². The number of hydrogen-bond donors (Lipinski definition) is 2. The largest absolute Gasteiger partial charge is 0.477 e. The highest BCUT2D eigenvalue weighted by atomic mass is 32.2. The van der Waals surface area contributed by atoms with Gasteiger partial charge in [0, 0.05) is 24.1 Å². The van der Waals surface area contributed by atoms with Crippen LogP contribution in [0, 0.1) is 5.82 Å². The van der Waals surface area contributed by atoms with Crippen LogP contribution in [0.1, 0.15) is 0 Å². The van der Waals surface area contributed by atoms with Crippen molar-refractivity contribution in [2.45, 2.75) is 16.6 Å². The quantitative estimate of drug-likeness (QED) is 0.548. The van der Waals surface area contributed by atoms with Gasteiger partial charge in [0.15, 0.2) is 11.0 Å². The maximum absolute atomic E-state index is 13.1. The van der Waals surface area contributed by atoms with Crippen LogP contribution in [0.4, 0.5) is 4.39 Å². The Hall–Kier alpha value is -2.37. The fourth-order valence-corrected chi connectivity index (χ4v) is 5.48. The molecule has 8 nitrogen and oxygen atoms in total. The van der Waals surface area contributed by atoms with Crippen molar-refractivity contribution >= 4 is 35.4 Å². The number of hydrogen-bond acceptors (Lipinski definition) is 7. The van der Waals surface area contributed by atoms with E-state index in [1.807, 2.05) is 0 Å². The number of carboxylic acid groups (broad SMARTS) is 1. The predicted octanol–water partition coefficient (Wildman–Crippen LogP) is 1.29. The first-order chi connectivity index (χ1) is 13.4. The monoisotopic (exact) mass is 421 g/mol. The Labute approximate surface area is 168 Å². The van der Waals surface area contributed by atoms with E-state index in [0.29, 0.717) is 28.1 Å². The minimum atomic E-state index is -1.13. The van der Waals surface area contributed by atoms with Gasteiger partial charge in [-0.05, 0) is 29.8 Å². The molecule has 0 saturated carbocycles. The van der Waals surface area contributed by atoms with Crippen molar-refractivity contribution in [3.8, 4) is 11.4 Å². The van der Waals surface area contributed by atoms with Crippen LogP contribution in [0.25, 0.3) is 11.4 Å². The van der Waals surface area contributed by atoms with Gasteiger partial charge >= 0.3 is 5.97 Å². The Kier molecular flexibility index (Phi) is 4.89. The number of fused-ring (bicyclic) bond motifs is 1. The van der Waals surface area contributed by atoms with Gasteiger partial charge in [0.1, 0.15) is 22.9 Å². The topological polar surface area (TPSA) is 114 Å². The molecule has 2 aromatic rings. The summed E-state index contributed by atoms with van der Waals surface area (Å²) in [6.45, 7) is 0. The SMILES string of the molecule is Cn1c(SCC2=C(C(=O)O)N3C(=O)[C@@H](N)C3SC2)nnc1-c1ccc(F)cc1. The summed E-state index contributed by atoms with van der Waals surface area (Å²) in [6, 6.07) is 5.30.